The fourth-order valence-corrected chi connectivity index (χ4v) is 2.24. The minimum absolute atomic E-state index is 0.0284. The third kappa shape index (κ3) is 2.93. The summed E-state index contributed by atoms with van der Waals surface area (Å²) in [7, 11) is 0. The molecule has 1 saturated heterocycles. The van der Waals surface area contributed by atoms with Crippen LogP contribution in [0, 0.1) is 10.1 Å². The zero-order valence-electron chi connectivity index (χ0n) is 11.6. The Kier molecular flexibility index (Phi) is 4.06. The van der Waals surface area contributed by atoms with Gasteiger partial charge in [-0.2, -0.15) is 0 Å². The first-order chi connectivity index (χ1) is 9.93. The van der Waals surface area contributed by atoms with Crippen molar-refractivity contribution in [1.82, 2.24) is 9.80 Å². The molecule has 112 valence electrons. The van der Waals surface area contributed by atoms with E-state index in [0.29, 0.717) is 12.1 Å². The summed E-state index contributed by atoms with van der Waals surface area (Å²) in [6, 6.07) is 4.44. The number of anilines is 1. The van der Waals surface area contributed by atoms with Gasteiger partial charge in [-0.25, -0.2) is 0 Å². The van der Waals surface area contributed by atoms with Crippen molar-refractivity contribution in [3.8, 4) is 0 Å². The maximum absolute atomic E-state index is 12.0. The summed E-state index contributed by atoms with van der Waals surface area (Å²) in [6.45, 7) is 2.38. The molecule has 0 unspecified atom stereocenters. The molecule has 1 heterocycles. The lowest BCUT2D eigenvalue weighted by Gasteiger charge is -2.33. The van der Waals surface area contributed by atoms with Crippen molar-refractivity contribution in [3.05, 3.63) is 33.9 Å². The number of benzene rings is 1. The van der Waals surface area contributed by atoms with Crippen LogP contribution in [0.4, 0.5) is 11.4 Å². The zero-order chi connectivity index (χ0) is 15.6. The van der Waals surface area contributed by atoms with E-state index < -0.39 is 4.92 Å². The number of likely N-dealkylation sites (N-methyl/N-ethyl adjacent to an activating group) is 1. The summed E-state index contributed by atoms with van der Waals surface area (Å²) in [5.74, 6) is -0.330. The Morgan fingerprint density at radius 1 is 1.24 bits per heavy atom. The fourth-order valence-electron chi connectivity index (χ4n) is 2.24. The third-order valence-corrected chi connectivity index (χ3v) is 3.47. The molecule has 0 atom stereocenters. The van der Waals surface area contributed by atoms with E-state index in [0.717, 1.165) is 0 Å². The van der Waals surface area contributed by atoms with Crippen molar-refractivity contribution in [2.75, 3.05) is 25.4 Å². The molecule has 1 aromatic rings. The Morgan fingerprint density at radius 2 is 1.86 bits per heavy atom. The van der Waals surface area contributed by atoms with Crippen molar-refractivity contribution in [2.45, 2.75) is 13.5 Å². The summed E-state index contributed by atoms with van der Waals surface area (Å²) < 4.78 is 0. The van der Waals surface area contributed by atoms with Crippen molar-refractivity contribution in [2.24, 2.45) is 0 Å². The van der Waals surface area contributed by atoms with Crippen LogP contribution in [-0.4, -0.2) is 46.2 Å². The third-order valence-electron chi connectivity index (χ3n) is 3.47. The Hall–Kier alpha value is -2.64. The summed E-state index contributed by atoms with van der Waals surface area (Å²) in [6.07, 6.45) is 0. The van der Waals surface area contributed by atoms with E-state index >= 15 is 0 Å². The molecule has 2 rings (SSSR count). The molecule has 0 radical (unpaired) electrons. The average Bonchev–Trinajstić information content (AvgIpc) is 2.44. The van der Waals surface area contributed by atoms with Gasteiger partial charge in [0.05, 0.1) is 11.5 Å². The molecule has 0 spiro atoms. The van der Waals surface area contributed by atoms with E-state index in [4.69, 9.17) is 5.73 Å². The Labute approximate surface area is 121 Å². The van der Waals surface area contributed by atoms with E-state index in [1.54, 1.807) is 13.0 Å². The first kappa shape index (κ1) is 14.8. The number of carbonyl (C=O) groups is 2. The predicted molar refractivity (Wildman–Crippen MR) is 75.2 cm³/mol. The lowest BCUT2D eigenvalue weighted by molar-refractivity contribution is -0.384. The van der Waals surface area contributed by atoms with Gasteiger partial charge in [0.1, 0.15) is 12.2 Å². The molecule has 1 aliphatic rings. The number of hydrogen-bond donors (Lipinski definition) is 1. The minimum atomic E-state index is -0.569. The van der Waals surface area contributed by atoms with Gasteiger partial charge in [-0.1, -0.05) is 12.1 Å². The van der Waals surface area contributed by atoms with E-state index in [1.165, 1.54) is 21.9 Å². The van der Waals surface area contributed by atoms with Gasteiger partial charge in [0.15, 0.2) is 0 Å². The molecular weight excluding hydrogens is 276 g/mol. The molecule has 8 nitrogen and oxygen atoms in total. The number of para-hydroxylation sites is 1. The molecule has 1 aliphatic heterocycles. The van der Waals surface area contributed by atoms with Gasteiger partial charge in [-0.05, 0) is 6.92 Å². The summed E-state index contributed by atoms with van der Waals surface area (Å²) >= 11 is 0. The Bertz CT molecular complexity index is 602. The average molecular weight is 292 g/mol. The topological polar surface area (TPSA) is 110 Å². The lowest BCUT2D eigenvalue weighted by Crippen LogP contribution is -2.53. The molecule has 2 N–H and O–H groups in total. The highest BCUT2D eigenvalue weighted by atomic mass is 16.6. The number of nitrogen functional groups attached to an aromatic ring is 1. The number of rotatable bonds is 4. The molecule has 0 bridgehead atoms. The van der Waals surface area contributed by atoms with Crippen LogP contribution in [0.5, 0.6) is 0 Å². The molecule has 0 aliphatic carbocycles. The highest BCUT2D eigenvalue weighted by molar-refractivity contribution is 5.92. The number of nitrogens with two attached hydrogens (primary N) is 1. The van der Waals surface area contributed by atoms with Gasteiger partial charge in [0.25, 0.3) is 5.69 Å². The second-order valence-electron chi connectivity index (χ2n) is 4.76. The van der Waals surface area contributed by atoms with Crippen molar-refractivity contribution in [1.29, 1.82) is 0 Å². The summed E-state index contributed by atoms with van der Waals surface area (Å²) in [5, 5.41) is 10.8. The first-order valence-electron chi connectivity index (χ1n) is 6.51. The maximum atomic E-state index is 12.0. The maximum Gasteiger partial charge on any atom is 0.292 e. The Morgan fingerprint density at radius 3 is 2.48 bits per heavy atom. The van der Waals surface area contributed by atoms with Crippen LogP contribution in [0.15, 0.2) is 18.2 Å². The molecule has 1 aromatic carbocycles. The van der Waals surface area contributed by atoms with E-state index in [9.17, 15) is 19.7 Å². The highest BCUT2D eigenvalue weighted by Gasteiger charge is 2.29. The summed E-state index contributed by atoms with van der Waals surface area (Å²) in [4.78, 5) is 36.9. The SMILES string of the molecule is CCN1CC(=O)N(Cc2cccc([N+](=O)[O-])c2N)CC1=O. The number of hydrogen-bond acceptors (Lipinski definition) is 5. The normalized spacial score (nSPS) is 15.5. The second kappa shape index (κ2) is 5.78. The van der Waals surface area contributed by atoms with E-state index in [-0.39, 0.29) is 42.8 Å². The van der Waals surface area contributed by atoms with Crippen molar-refractivity contribution >= 4 is 23.2 Å². The smallest absolute Gasteiger partial charge is 0.292 e. The molecular formula is C13H16N4O4. The molecule has 1 fully saturated rings. The summed E-state index contributed by atoms with van der Waals surface area (Å²) in [5.41, 5.74) is 6.06. The number of nitrogens with zero attached hydrogens (tertiary/aromatic N) is 3. The van der Waals surface area contributed by atoms with Crippen LogP contribution in [0.3, 0.4) is 0 Å². The standard InChI is InChI=1S/C13H16N4O4/c1-2-15-7-12(19)16(8-11(15)18)6-9-4-3-5-10(13(9)14)17(20)21/h3-5H,2,6-8,14H2,1H3. The molecule has 8 heteroatoms. The molecule has 2 amide bonds. The quantitative estimate of drug-likeness (QED) is 0.489. The highest BCUT2D eigenvalue weighted by Crippen LogP contribution is 2.26. The van der Waals surface area contributed by atoms with Crippen LogP contribution >= 0.6 is 0 Å². The first-order valence-corrected chi connectivity index (χ1v) is 6.51. The van der Waals surface area contributed by atoms with E-state index in [1.807, 2.05) is 0 Å². The van der Waals surface area contributed by atoms with Gasteiger partial charge >= 0.3 is 0 Å². The number of piperazine rings is 1. The predicted octanol–water partition coefficient (Wildman–Crippen LogP) is 0.368. The van der Waals surface area contributed by atoms with Gasteiger partial charge in [0.2, 0.25) is 11.8 Å². The van der Waals surface area contributed by atoms with Crippen molar-refractivity contribution in [3.63, 3.8) is 0 Å². The second-order valence-corrected chi connectivity index (χ2v) is 4.76. The molecule has 0 saturated carbocycles. The van der Waals surface area contributed by atoms with Crippen LogP contribution < -0.4 is 5.73 Å². The zero-order valence-corrected chi connectivity index (χ0v) is 11.6. The number of carbonyl (C=O) groups excluding carboxylic acids is 2. The molecule has 0 aromatic heterocycles. The number of nitro benzene ring substituents is 1. The van der Waals surface area contributed by atoms with Gasteiger partial charge in [-0.3, -0.25) is 19.7 Å². The monoisotopic (exact) mass is 292 g/mol. The minimum Gasteiger partial charge on any atom is -0.393 e. The fraction of sp³-hybridized carbons (Fsp3) is 0.385. The van der Waals surface area contributed by atoms with Gasteiger partial charge in [0, 0.05) is 24.7 Å². The van der Waals surface area contributed by atoms with Crippen LogP contribution in [0.2, 0.25) is 0 Å². The van der Waals surface area contributed by atoms with E-state index in [2.05, 4.69) is 0 Å². The number of amides is 2. The van der Waals surface area contributed by atoms with Gasteiger partial charge in [-0.15, -0.1) is 0 Å². The van der Waals surface area contributed by atoms with Gasteiger partial charge < -0.3 is 15.5 Å². The van der Waals surface area contributed by atoms with Crippen LogP contribution in [-0.2, 0) is 16.1 Å². The largest absolute Gasteiger partial charge is 0.393 e. The van der Waals surface area contributed by atoms with Crippen LogP contribution in [0.1, 0.15) is 12.5 Å². The van der Waals surface area contributed by atoms with Crippen molar-refractivity contribution < 1.29 is 14.5 Å². The Balaban J connectivity index is 2.19. The lowest BCUT2D eigenvalue weighted by atomic mass is 10.1. The van der Waals surface area contributed by atoms with Crippen LogP contribution in [0.25, 0.3) is 0 Å². The molecule has 21 heavy (non-hydrogen) atoms. The number of nitro groups is 1.